The summed E-state index contributed by atoms with van der Waals surface area (Å²) in [4.78, 5) is 32.3. The topological polar surface area (TPSA) is 96.1 Å². The summed E-state index contributed by atoms with van der Waals surface area (Å²) in [5, 5.41) is 5.78. The van der Waals surface area contributed by atoms with E-state index < -0.39 is 0 Å². The highest BCUT2D eigenvalue weighted by molar-refractivity contribution is 5.96. The van der Waals surface area contributed by atoms with E-state index in [1.807, 2.05) is 44.2 Å². The van der Waals surface area contributed by atoms with Gasteiger partial charge in [0, 0.05) is 13.0 Å². The van der Waals surface area contributed by atoms with E-state index in [0.29, 0.717) is 37.3 Å². The van der Waals surface area contributed by atoms with Gasteiger partial charge in [-0.25, -0.2) is 4.98 Å². The Kier molecular flexibility index (Phi) is 6.84. The molecule has 1 aromatic heterocycles. The van der Waals surface area contributed by atoms with Crippen LogP contribution in [0.2, 0.25) is 0 Å². The van der Waals surface area contributed by atoms with E-state index in [-0.39, 0.29) is 17.9 Å². The second-order valence-electron chi connectivity index (χ2n) is 6.72. The fourth-order valence-corrected chi connectivity index (χ4v) is 3.04. The quantitative estimate of drug-likeness (QED) is 0.485. The summed E-state index contributed by atoms with van der Waals surface area (Å²) in [7, 11) is 0. The molecule has 1 unspecified atom stereocenters. The first kappa shape index (κ1) is 20.4. The molecule has 0 aliphatic rings. The van der Waals surface area contributed by atoms with Crippen molar-refractivity contribution in [1.29, 1.82) is 0 Å². The Balaban J connectivity index is 1.43. The van der Waals surface area contributed by atoms with Crippen LogP contribution in [0.3, 0.4) is 0 Å². The van der Waals surface area contributed by atoms with Crippen LogP contribution in [0.25, 0.3) is 11.0 Å². The third kappa shape index (κ3) is 5.34. The van der Waals surface area contributed by atoms with Crippen LogP contribution in [-0.4, -0.2) is 34.9 Å². The molecule has 0 saturated carbocycles. The van der Waals surface area contributed by atoms with Gasteiger partial charge in [-0.05, 0) is 44.5 Å². The molecule has 1 atom stereocenters. The fraction of sp³-hybridized carbons (Fsp3) is 0.318. The summed E-state index contributed by atoms with van der Waals surface area (Å²) in [6.45, 7) is 4.67. The number of carbonyl (C=O) groups excluding carboxylic acids is 2. The highest BCUT2D eigenvalue weighted by Crippen LogP contribution is 2.18. The maximum absolute atomic E-state index is 12.3. The number of para-hydroxylation sites is 3. The lowest BCUT2D eigenvalue weighted by atomic mass is 10.2. The van der Waals surface area contributed by atoms with E-state index >= 15 is 0 Å². The SMILES string of the molecule is CCOc1ccccc1C(=O)NCCCC(=O)NC(C)c1nc2ccccc2[nH]1. The Bertz CT molecular complexity index is 950. The first-order chi connectivity index (χ1) is 14.1. The van der Waals surface area contributed by atoms with Crippen LogP contribution >= 0.6 is 0 Å². The minimum atomic E-state index is -0.220. The van der Waals surface area contributed by atoms with Gasteiger partial charge in [0.1, 0.15) is 11.6 Å². The summed E-state index contributed by atoms with van der Waals surface area (Å²) in [5.74, 6) is 0.998. The lowest BCUT2D eigenvalue weighted by molar-refractivity contribution is -0.121. The molecular weight excluding hydrogens is 368 g/mol. The Labute approximate surface area is 169 Å². The van der Waals surface area contributed by atoms with Crippen LogP contribution in [-0.2, 0) is 4.79 Å². The number of hydrogen-bond acceptors (Lipinski definition) is 4. The van der Waals surface area contributed by atoms with Crippen molar-refractivity contribution in [3.63, 3.8) is 0 Å². The third-order valence-corrected chi connectivity index (χ3v) is 4.49. The summed E-state index contributed by atoms with van der Waals surface area (Å²) < 4.78 is 5.48. The average Bonchev–Trinajstić information content (AvgIpc) is 3.16. The van der Waals surface area contributed by atoms with E-state index in [1.165, 1.54) is 0 Å². The zero-order chi connectivity index (χ0) is 20.6. The molecule has 0 aliphatic carbocycles. The minimum absolute atomic E-state index is 0.0816. The number of nitrogens with zero attached hydrogens (tertiary/aromatic N) is 1. The van der Waals surface area contributed by atoms with Gasteiger partial charge in [0.2, 0.25) is 5.91 Å². The van der Waals surface area contributed by atoms with E-state index in [9.17, 15) is 9.59 Å². The fourth-order valence-electron chi connectivity index (χ4n) is 3.04. The van der Waals surface area contributed by atoms with Crippen LogP contribution in [0.15, 0.2) is 48.5 Å². The van der Waals surface area contributed by atoms with Gasteiger partial charge in [-0.3, -0.25) is 9.59 Å². The second-order valence-corrected chi connectivity index (χ2v) is 6.72. The van der Waals surface area contributed by atoms with Crippen molar-refractivity contribution in [3.8, 4) is 5.75 Å². The van der Waals surface area contributed by atoms with Gasteiger partial charge in [-0.1, -0.05) is 24.3 Å². The molecule has 2 aromatic carbocycles. The molecule has 3 aromatic rings. The number of rotatable bonds is 9. The van der Waals surface area contributed by atoms with Gasteiger partial charge in [0.05, 0.1) is 29.2 Å². The van der Waals surface area contributed by atoms with Gasteiger partial charge >= 0.3 is 0 Å². The van der Waals surface area contributed by atoms with Crippen LogP contribution in [0, 0.1) is 0 Å². The Morgan fingerprint density at radius 1 is 1.14 bits per heavy atom. The Morgan fingerprint density at radius 2 is 1.90 bits per heavy atom. The first-order valence-electron chi connectivity index (χ1n) is 9.82. The summed E-state index contributed by atoms with van der Waals surface area (Å²) >= 11 is 0. The summed E-state index contributed by atoms with van der Waals surface area (Å²) in [6.07, 6.45) is 0.860. The summed E-state index contributed by atoms with van der Waals surface area (Å²) in [5.41, 5.74) is 2.31. The zero-order valence-corrected chi connectivity index (χ0v) is 16.7. The number of carbonyl (C=O) groups is 2. The average molecular weight is 394 g/mol. The van der Waals surface area contributed by atoms with Crippen molar-refractivity contribution < 1.29 is 14.3 Å². The molecule has 0 fully saturated rings. The zero-order valence-electron chi connectivity index (χ0n) is 16.7. The second kappa shape index (κ2) is 9.73. The van der Waals surface area contributed by atoms with Gasteiger partial charge < -0.3 is 20.4 Å². The standard InChI is InChI=1S/C22H26N4O3/c1-3-29-19-12-7-4-9-16(19)22(28)23-14-8-13-20(27)24-15(2)21-25-17-10-5-6-11-18(17)26-21/h4-7,9-12,15H,3,8,13-14H2,1-2H3,(H,23,28)(H,24,27)(H,25,26). The van der Waals surface area contributed by atoms with E-state index in [0.717, 1.165) is 16.9 Å². The number of fused-ring (bicyclic) bond motifs is 1. The van der Waals surface area contributed by atoms with Gasteiger partial charge in [0.25, 0.3) is 5.91 Å². The van der Waals surface area contributed by atoms with Gasteiger partial charge in [-0.15, -0.1) is 0 Å². The maximum atomic E-state index is 12.3. The van der Waals surface area contributed by atoms with E-state index in [4.69, 9.17) is 4.74 Å². The molecule has 0 bridgehead atoms. The van der Waals surface area contributed by atoms with Crippen LogP contribution in [0.1, 0.15) is 48.9 Å². The smallest absolute Gasteiger partial charge is 0.255 e. The molecule has 0 saturated heterocycles. The number of nitrogens with one attached hydrogen (secondary N) is 3. The molecule has 0 spiro atoms. The molecule has 3 N–H and O–H groups in total. The number of imidazole rings is 1. The van der Waals surface area contributed by atoms with E-state index in [1.54, 1.807) is 18.2 Å². The van der Waals surface area contributed by atoms with Crippen molar-refractivity contribution >= 4 is 22.8 Å². The minimum Gasteiger partial charge on any atom is -0.493 e. The number of H-pyrrole nitrogens is 1. The number of aromatic nitrogens is 2. The lowest BCUT2D eigenvalue weighted by Gasteiger charge is -2.12. The molecule has 0 radical (unpaired) electrons. The molecule has 2 amide bonds. The lowest BCUT2D eigenvalue weighted by Crippen LogP contribution is -2.29. The number of benzene rings is 2. The molecule has 7 nitrogen and oxygen atoms in total. The highest BCUT2D eigenvalue weighted by atomic mass is 16.5. The predicted octanol–water partition coefficient (Wildman–Crippen LogP) is 3.35. The van der Waals surface area contributed by atoms with Crippen LogP contribution < -0.4 is 15.4 Å². The summed E-state index contributed by atoms with van der Waals surface area (Å²) in [6, 6.07) is 14.6. The van der Waals surface area contributed by atoms with Crippen molar-refractivity contribution in [3.05, 3.63) is 59.9 Å². The van der Waals surface area contributed by atoms with Crippen molar-refractivity contribution in [2.45, 2.75) is 32.7 Å². The van der Waals surface area contributed by atoms with Gasteiger partial charge in [0.15, 0.2) is 0 Å². The molecule has 152 valence electrons. The van der Waals surface area contributed by atoms with Crippen LogP contribution in [0.4, 0.5) is 0 Å². The maximum Gasteiger partial charge on any atom is 0.255 e. The Morgan fingerprint density at radius 3 is 2.69 bits per heavy atom. The number of amides is 2. The monoisotopic (exact) mass is 394 g/mol. The molecule has 1 heterocycles. The number of hydrogen-bond donors (Lipinski definition) is 3. The number of ether oxygens (including phenoxy) is 1. The Hall–Kier alpha value is -3.35. The third-order valence-electron chi connectivity index (χ3n) is 4.49. The van der Waals surface area contributed by atoms with Crippen molar-refractivity contribution in [2.75, 3.05) is 13.2 Å². The molecular formula is C22H26N4O3. The van der Waals surface area contributed by atoms with E-state index in [2.05, 4.69) is 20.6 Å². The molecule has 3 rings (SSSR count). The van der Waals surface area contributed by atoms with Gasteiger partial charge in [-0.2, -0.15) is 0 Å². The first-order valence-corrected chi connectivity index (χ1v) is 9.82. The van der Waals surface area contributed by atoms with Crippen LogP contribution in [0.5, 0.6) is 5.75 Å². The largest absolute Gasteiger partial charge is 0.493 e. The molecule has 29 heavy (non-hydrogen) atoms. The number of aromatic amines is 1. The molecule has 0 aliphatic heterocycles. The molecule has 7 heteroatoms. The van der Waals surface area contributed by atoms with Crippen molar-refractivity contribution in [2.24, 2.45) is 0 Å². The normalized spacial score (nSPS) is 11.8. The van der Waals surface area contributed by atoms with Crippen molar-refractivity contribution in [1.82, 2.24) is 20.6 Å². The highest BCUT2D eigenvalue weighted by Gasteiger charge is 2.14. The predicted molar refractivity (Wildman–Crippen MR) is 112 cm³/mol.